The summed E-state index contributed by atoms with van der Waals surface area (Å²) >= 11 is 0. The van der Waals surface area contributed by atoms with Crippen molar-refractivity contribution in [3.05, 3.63) is 35.9 Å². The fourth-order valence-electron chi connectivity index (χ4n) is 2.77. The molecule has 2 rings (SSSR count). The van der Waals surface area contributed by atoms with E-state index < -0.39 is 0 Å². The highest BCUT2D eigenvalue weighted by Gasteiger charge is 2.60. The van der Waals surface area contributed by atoms with Crippen LogP contribution in [0.5, 0.6) is 5.75 Å². The van der Waals surface area contributed by atoms with Crippen molar-refractivity contribution < 1.29 is 9.53 Å². The molecule has 1 aliphatic carbocycles. The second-order valence-corrected chi connectivity index (χ2v) is 6.29. The van der Waals surface area contributed by atoms with Gasteiger partial charge >= 0.3 is 0 Å². The molecule has 0 radical (unpaired) electrons. The lowest BCUT2D eigenvalue weighted by molar-refractivity contribution is -0.118. The number of ether oxygens (including phenoxy) is 1. The number of hydrogen-bond donors (Lipinski definition) is 1. The molecular weight excluding hydrogens is 250 g/mol. The molecule has 3 nitrogen and oxygen atoms in total. The van der Waals surface area contributed by atoms with Crippen molar-refractivity contribution in [3.8, 4) is 5.75 Å². The summed E-state index contributed by atoms with van der Waals surface area (Å²) in [5.74, 6) is 1.21. The van der Waals surface area contributed by atoms with Crippen LogP contribution in [0.1, 0.15) is 27.7 Å². The van der Waals surface area contributed by atoms with E-state index in [1.807, 2.05) is 24.3 Å². The van der Waals surface area contributed by atoms with Crippen molar-refractivity contribution in [1.29, 1.82) is 0 Å². The molecule has 1 N–H and O–H groups in total. The Balaban J connectivity index is 2.08. The van der Waals surface area contributed by atoms with Gasteiger partial charge in [0.25, 0.3) is 0 Å². The summed E-state index contributed by atoms with van der Waals surface area (Å²) in [7, 11) is 1.62. The van der Waals surface area contributed by atoms with Crippen LogP contribution in [0, 0.1) is 17.3 Å². The third kappa shape index (κ3) is 2.87. The average molecular weight is 273 g/mol. The van der Waals surface area contributed by atoms with Crippen molar-refractivity contribution >= 4 is 11.6 Å². The highest BCUT2D eigenvalue weighted by atomic mass is 16.5. The van der Waals surface area contributed by atoms with Gasteiger partial charge in [0, 0.05) is 11.8 Å². The van der Waals surface area contributed by atoms with Gasteiger partial charge in [-0.2, -0.15) is 0 Å². The van der Waals surface area contributed by atoms with Crippen molar-refractivity contribution in [2.75, 3.05) is 12.4 Å². The van der Waals surface area contributed by atoms with Gasteiger partial charge in [-0.05, 0) is 37.3 Å². The van der Waals surface area contributed by atoms with Crippen molar-refractivity contribution in [2.45, 2.75) is 27.7 Å². The van der Waals surface area contributed by atoms with Gasteiger partial charge in [0.15, 0.2) is 0 Å². The van der Waals surface area contributed by atoms with E-state index in [1.54, 1.807) is 7.11 Å². The van der Waals surface area contributed by atoms with E-state index in [0.717, 1.165) is 11.4 Å². The van der Waals surface area contributed by atoms with Gasteiger partial charge in [0.1, 0.15) is 5.75 Å². The molecule has 3 heteroatoms. The Labute approximate surface area is 121 Å². The van der Waals surface area contributed by atoms with Crippen molar-refractivity contribution in [3.63, 3.8) is 0 Å². The number of carbonyl (C=O) groups excluding carboxylic acids is 1. The smallest absolute Gasteiger partial charge is 0.228 e. The summed E-state index contributed by atoms with van der Waals surface area (Å²) in [6, 6.07) is 7.46. The molecule has 2 atom stereocenters. The first-order valence-electron chi connectivity index (χ1n) is 6.96. The van der Waals surface area contributed by atoms with Crippen LogP contribution in [0.3, 0.4) is 0 Å². The standard InChI is InChI=1S/C17H23NO2/c1-11(2)9-14-15(17(14,3)4)16(19)18-12-7-6-8-13(10-12)20-5/h6-10,14-15H,1-5H3,(H,18,19)/t14-,15-/m1/s1. The lowest BCUT2D eigenvalue weighted by atomic mass is 10.1. The topological polar surface area (TPSA) is 38.3 Å². The summed E-state index contributed by atoms with van der Waals surface area (Å²) in [5, 5.41) is 2.99. The molecular formula is C17H23NO2. The van der Waals surface area contributed by atoms with Gasteiger partial charge in [-0.1, -0.05) is 31.6 Å². The molecule has 1 aromatic carbocycles. The lowest BCUT2D eigenvalue weighted by Gasteiger charge is -2.07. The monoisotopic (exact) mass is 273 g/mol. The van der Waals surface area contributed by atoms with Gasteiger partial charge < -0.3 is 10.1 Å². The summed E-state index contributed by atoms with van der Waals surface area (Å²) in [4.78, 5) is 12.4. The number of rotatable bonds is 4. The second kappa shape index (κ2) is 5.31. The number of amides is 1. The number of nitrogens with one attached hydrogen (secondary N) is 1. The zero-order valence-electron chi connectivity index (χ0n) is 12.9. The van der Waals surface area contributed by atoms with Crippen LogP contribution < -0.4 is 10.1 Å². The van der Waals surface area contributed by atoms with Crippen LogP contribution >= 0.6 is 0 Å². The number of methoxy groups -OCH3 is 1. The summed E-state index contributed by atoms with van der Waals surface area (Å²) in [6.07, 6.45) is 2.20. The van der Waals surface area contributed by atoms with Crippen LogP contribution in [0.25, 0.3) is 0 Å². The Bertz CT molecular complexity index is 542. The zero-order valence-corrected chi connectivity index (χ0v) is 12.9. The van der Waals surface area contributed by atoms with Crippen LogP contribution in [0.4, 0.5) is 5.69 Å². The largest absolute Gasteiger partial charge is 0.497 e. The summed E-state index contributed by atoms with van der Waals surface area (Å²) in [6.45, 7) is 8.44. The van der Waals surface area contributed by atoms with Gasteiger partial charge in [0.2, 0.25) is 5.91 Å². The fourth-order valence-corrected chi connectivity index (χ4v) is 2.77. The van der Waals surface area contributed by atoms with Crippen LogP contribution in [0.15, 0.2) is 35.9 Å². The molecule has 1 aliphatic rings. The molecule has 0 saturated heterocycles. The minimum atomic E-state index is 0.0419. The Morgan fingerprint density at radius 2 is 2.05 bits per heavy atom. The minimum absolute atomic E-state index is 0.0419. The second-order valence-electron chi connectivity index (χ2n) is 6.29. The Morgan fingerprint density at radius 1 is 1.35 bits per heavy atom. The van der Waals surface area contributed by atoms with E-state index in [0.29, 0.717) is 5.92 Å². The maximum absolute atomic E-state index is 12.4. The molecule has 0 heterocycles. The minimum Gasteiger partial charge on any atom is -0.497 e. The predicted octanol–water partition coefficient (Wildman–Crippen LogP) is 3.87. The molecule has 1 saturated carbocycles. The molecule has 0 aliphatic heterocycles. The lowest BCUT2D eigenvalue weighted by Crippen LogP contribution is -2.16. The van der Waals surface area contributed by atoms with Crippen LogP contribution in [-0.2, 0) is 4.79 Å². The SMILES string of the molecule is COc1cccc(NC(=O)[C@H]2[C@@H](C=C(C)C)C2(C)C)c1. The normalized spacial score (nSPS) is 22.9. The maximum atomic E-state index is 12.4. The van der Waals surface area contributed by atoms with E-state index in [9.17, 15) is 4.79 Å². The third-order valence-electron chi connectivity index (χ3n) is 4.04. The highest BCUT2D eigenvalue weighted by Crippen LogP contribution is 2.59. The third-order valence-corrected chi connectivity index (χ3v) is 4.04. The molecule has 20 heavy (non-hydrogen) atoms. The van der Waals surface area contributed by atoms with E-state index in [4.69, 9.17) is 4.74 Å². The molecule has 0 aromatic heterocycles. The Kier molecular flexibility index (Phi) is 3.89. The van der Waals surface area contributed by atoms with E-state index in [1.165, 1.54) is 5.57 Å². The van der Waals surface area contributed by atoms with Crippen LogP contribution in [0.2, 0.25) is 0 Å². The Hall–Kier alpha value is -1.77. The highest BCUT2D eigenvalue weighted by molar-refractivity contribution is 5.95. The van der Waals surface area contributed by atoms with E-state index >= 15 is 0 Å². The number of benzene rings is 1. The average Bonchev–Trinajstić information content (AvgIpc) is 2.90. The van der Waals surface area contributed by atoms with E-state index in [2.05, 4.69) is 39.1 Å². The molecule has 1 amide bonds. The Morgan fingerprint density at radius 3 is 2.65 bits per heavy atom. The first-order valence-corrected chi connectivity index (χ1v) is 6.96. The maximum Gasteiger partial charge on any atom is 0.228 e. The number of carbonyl (C=O) groups is 1. The summed E-state index contributed by atoms with van der Waals surface area (Å²) < 4.78 is 5.17. The van der Waals surface area contributed by atoms with Crippen LogP contribution in [-0.4, -0.2) is 13.0 Å². The van der Waals surface area contributed by atoms with Crippen molar-refractivity contribution in [2.24, 2.45) is 17.3 Å². The molecule has 0 spiro atoms. The van der Waals surface area contributed by atoms with Crippen molar-refractivity contribution in [1.82, 2.24) is 0 Å². The van der Waals surface area contributed by atoms with Gasteiger partial charge in [-0.15, -0.1) is 0 Å². The van der Waals surface area contributed by atoms with Gasteiger partial charge in [0.05, 0.1) is 13.0 Å². The first-order chi connectivity index (χ1) is 9.36. The summed E-state index contributed by atoms with van der Waals surface area (Å²) in [5.41, 5.74) is 2.09. The first kappa shape index (κ1) is 14.6. The number of anilines is 1. The van der Waals surface area contributed by atoms with Gasteiger partial charge in [-0.3, -0.25) is 4.79 Å². The molecule has 0 unspecified atom stereocenters. The molecule has 1 aromatic rings. The molecule has 108 valence electrons. The quantitative estimate of drug-likeness (QED) is 0.846. The molecule has 0 bridgehead atoms. The fraction of sp³-hybridized carbons (Fsp3) is 0.471. The van der Waals surface area contributed by atoms with Gasteiger partial charge in [-0.25, -0.2) is 0 Å². The number of hydrogen-bond acceptors (Lipinski definition) is 2. The predicted molar refractivity (Wildman–Crippen MR) is 81.8 cm³/mol. The number of allylic oxidation sites excluding steroid dienone is 2. The van der Waals surface area contributed by atoms with E-state index in [-0.39, 0.29) is 17.2 Å². The molecule has 1 fully saturated rings. The zero-order chi connectivity index (χ0) is 14.9.